The quantitative estimate of drug-likeness (QED) is 0.629. The molecule has 1 rings (SSSR count). The van der Waals surface area contributed by atoms with E-state index in [-0.39, 0.29) is 12.6 Å². The van der Waals surface area contributed by atoms with Crippen LogP contribution in [0, 0.1) is 0 Å². The highest BCUT2D eigenvalue weighted by Crippen LogP contribution is 2.18. The number of hydrogen-bond acceptors (Lipinski definition) is 3. The summed E-state index contributed by atoms with van der Waals surface area (Å²) in [5, 5.41) is 5.40. The number of amides is 2. The van der Waals surface area contributed by atoms with E-state index in [9.17, 15) is 13.2 Å². The van der Waals surface area contributed by atoms with Crippen LogP contribution >= 0.6 is 0 Å². The molecular weight excluding hydrogens is 230 g/mol. The van der Waals surface area contributed by atoms with Gasteiger partial charge in [-0.25, -0.2) is 17.9 Å². The van der Waals surface area contributed by atoms with Gasteiger partial charge in [-0.1, -0.05) is 0 Å². The summed E-state index contributed by atoms with van der Waals surface area (Å²) in [4.78, 5) is 11.3. The van der Waals surface area contributed by atoms with E-state index in [0.29, 0.717) is 6.04 Å². The van der Waals surface area contributed by atoms with Crippen molar-refractivity contribution < 1.29 is 13.2 Å². The molecular formula is C9H19N3O3S. The Kier molecular flexibility index (Phi) is 3.80. The first kappa shape index (κ1) is 13.2. The van der Waals surface area contributed by atoms with E-state index in [4.69, 9.17) is 0 Å². The number of carbonyl (C=O) groups excluding carboxylic acids is 1. The second-order valence-electron chi connectivity index (χ2n) is 4.86. The molecule has 16 heavy (non-hydrogen) atoms. The summed E-state index contributed by atoms with van der Waals surface area (Å²) in [6.45, 7) is 3.68. The van der Waals surface area contributed by atoms with Gasteiger partial charge in [0.1, 0.15) is 0 Å². The Bertz CT molecular complexity index is 360. The summed E-state index contributed by atoms with van der Waals surface area (Å²) >= 11 is 0. The van der Waals surface area contributed by atoms with Crippen molar-refractivity contribution in [2.45, 2.75) is 38.3 Å². The van der Waals surface area contributed by atoms with Crippen molar-refractivity contribution in [3.8, 4) is 0 Å². The fraction of sp³-hybridized carbons (Fsp3) is 0.889. The summed E-state index contributed by atoms with van der Waals surface area (Å²) in [6.07, 6.45) is 3.15. The van der Waals surface area contributed by atoms with Gasteiger partial charge in [-0.3, -0.25) is 0 Å². The van der Waals surface area contributed by atoms with Crippen LogP contribution in [0.3, 0.4) is 0 Å². The Labute approximate surface area is 96.2 Å². The van der Waals surface area contributed by atoms with Gasteiger partial charge < -0.3 is 10.6 Å². The lowest BCUT2D eigenvalue weighted by atomic mass is 10.1. The van der Waals surface area contributed by atoms with Crippen LogP contribution in [0.15, 0.2) is 0 Å². The zero-order valence-electron chi connectivity index (χ0n) is 9.83. The third kappa shape index (κ3) is 5.92. The molecule has 1 aliphatic rings. The van der Waals surface area contributed by atoms with Gasteiger partial charge in [-0.2, -0.15) is 0 Å². The van der Waals surface area contributed by atoms with Crippen molar-refractivity contribution in [1.82, 2.24) is 15.4 Å². The van der Waals surface area contributed by atoms with Crippen molar-refractivity contribution in [1.29, 1.82) is 0 Å². The van der Waals surface area contributed by atoms with E-state index in [1.807, 2.05) is 0 Å². The highest BCUT2D eigenvalue weighted by Gasteiger charge is 2.26. The minimum Gasteiger partial charge on any atom is -0.336 e. The average Bonchev–Trinajstić information content (AvgIpc) is 2.80. The molecule has 1 saturated carbocycles. The van der Waals surface area contributed by atoms with Crippen molar-refractivity contribution >= 4 is 16.1 Å². The Hall–Kier alpha value is -0.820. The molecule has 0 aromatic rings. The molecule has 0 aromatic heterocycles. The lowest BCUT2D eigenvalue weighted by Crippen LogP contribution is -2.52. The number of nitrogens with one attached hydrogen (secondary N) is 3. The van der Waals surface area contributed by atoms with Gasteiger partial charge in [0, 0.05) is 18.1 Å². The molecule has 0 saturated heterocycles. The van der Waals surface area contributed by atoms with E-state index in [1.54, 1.807) is 13.8 Å². The van der Waals surface area contributed by atoms with Crippen LogP contribution in [0.4, 0.5) is 4.79 Å². The maximum absolute atomic E-state index is 11.3. The second-order valence-corrected chi connectivity index (χ2v) is 6.61. The number of hydrogen-bond donors (Lipinski definition) is 3. The summed E-state index contributed by atoms with van der Waals surface area (Å²) in [7, 11) is -3.26. The van der Waals surface area contributed by atoms with Crippen LogP contribution in [0.2, 0.25) is 0 Å². The molecule has 0 heterocycles. The molecule has 6 nitrogen and oxygen atoms in total. The van der Waals surface area contributed by atoms with E-state index in [2.05, 4.69) is 15.4 Å². The van der Waals surface area contributed by atoms with Crippen molar-refractivity contribution in [3.05, 3.63) is 0 Å². The molecule has 0 unspecified atom stereocenters. The second kappa shape index (κ2) is 4.58. The Morgan fingerprint density at radius 2 is 1.94 bits per heavy atom. The highest BCUT2D eigenvalue weighted by molar-refractivity contribution is 7.88. The minimum atomic E-state index is -3.26. The third-order valence-electron chi connectivity index (χ3n) is 2.07. The van der Waals surface area contributed by atoms with Gasteiger partial charge in [0.15, 0.2) is 0 Å². The van der Waals surface area contributed by atoms with E-state index >= 15 is 0 Å². The Balaban J connectivity index is 2.31. The fourth-order valence-electron chi connectivity index (χ4n) is 1.30. The highest BCUT2D eigenvalue weighted by atomic mass is 32.2. The molecule has 7 heteroatoms. The van der Waals surface area contributed by atoms with Crippen LogP contribution in [-0.4, -0.2) is 38.8 Å². The molecule has 0 aliphatic heterocycles. The first-order valence-electron chi connectivity index (χ1n) is 5.21. The first-order valence-corrected chi connectivity index (χ1v) is 7.10. The normalized spacial score (nSPS) is 16.9. The monoisotopic (exact) mass is 249 g/mol. The van der Waals surface area contributed by atoms with Gasteiger partial charge in [-0.05, 0) is 26.7 Å². The maximum Gasteiger partial charge on any atom is 0.315 e. The van der Waals surface area contributed by atoms with Crippen molar-refractivity contribution in [3.63, 3.8) is 0 Å². The summed E-state index contributed by atoms with van der Waals surface area (Å²) < 4.78 is 24.5. The van der Waals surface area contributed by atoms with Gasteiger partial charge >= 0.3 is 6.03 Å². The fourth-order valence-corrected chi connectivity index (χ4v) is 2.38. The third-order valence-corrected chi connectivity index (χ3v) is 2.99. The first-order chi connectivity index (χ1) is 7.18. The number of urea groups is 1. The van der Waals surface area contributed by atoms with E-state index in [0.717, 1.165) is 19.1 Å². The molecule has 0 spiro atoms. The Morgan fingerprint density at radius 3 is 2.38 bits per heavy atom. The molecule has 1 fully saturated rings. The summed E-state index contributed by atoms with van der Waals surface area (Å²) in [6, 6.07) is 0.0526. The smallest absolute Gasteiger partial charge is 0.315 e. The number of rotatable bonds is 5. The largest absolute Gasteiger partial charge is 0.336 e. The topological polar surface area (TPSA) is 87.3 Å². The lowest BCUT2D eigenvalue weighted by molar-refractivity contribution is 0.237. The van der Waals surface area contributed by atoms with Crippen LogP contribution in [0.25, 0.3) is 0 Å². The molecule has 2 amide bonds. The van der Waals surface area contributed by atoms with Gasteiger partial charge in [0.25, 0.3) is 0 Å². The van der Waals surface area contributed by atoms with Crippen LogP contribution in [0.1, 0.15) is 26.7 Å². The molecule has 1 aliphatic carbocycles. The van der Waals surface area contributed by atoms with Gasteiger partial charge in [0.2, 0.25) is 10.0 Å². The van der Waals surface area contributed by atoms with Gasteiger partial charge in [0.05, 0.1) is 6.26 Å². The predicted molar refractivity (Wildman–Crippen MR) is 61.6 cm³/mol. The van der Waals surface area contributed by atoms with Crippen LogP contribution in [0.5, 0.6) is 0 Å². The average molecular weight is 249 g/mol. The molecule has 3 N–H and O–H groups in total. The molecule has 0 radical (unpaired) electrons. The van der Waals surface area contributed by atoms with Crippen molar-refractivity contribution in [2.24, 2.45) is 0 Å². The predicted octanol–water partition coefficient (Wildman–Crippen LogP) is -0.224. The Morgan fingerprint density at radius 1 is 1.38 bits per heavy atom. The lowest BCUT2D eigenvalue weighted by Gasteiger charge is -2.25. The summed E-state index contributed by atoms with van der Waals surface area (Å²) in [5.41, 5.74) is -0.686. The van der Waals surface area contributed by atoms with E-state index < -0.39 is 15.6 Å². The SMILES string of the molecule is CC(C)(CNC(=O)NC1CC1)NS(C)(=O)=O. The molecule has 0 atom stereocenters. The van der Waals surface area contributed by atoms with Crippen LogP contribution in [-0.2, 0) is 10.0 Å². The zero-order valence-corrected chi connectivity index (χ0v) is 10.6. The van der Waals surface area contributed by atoms with Crippen molar-refractivity contribution in [2.75, 3.05) is 12.8 Å². The number of sulfonamides is 1. The zero-order chi connectivity index (χ0) is 12.4. The number of carbonyl (C=O) groups is 1. The maximum atomic E-state index is 11.3. The molecule has 94 valence electrons. The molecule has 0 bridgehead atoms. The molecule has 0 aromatic carbocycles. The summed E-state index contributed by atoms with van der Waals surface area (Å²) in [5.74, 6) is 0. The van der Waals surface area contributed by atoms with E-state index in [1.165, 1.54) is 0 Å². The standard InChI is InChI=1S/C9H19N3O3S/c1-9(2,12-16(3,14)15)6-10-8(13)11-7-4-5-7/h7,12H,4-6H2,1-3H3,(H2,10,11,13). The van der Waals surface area contributed by atoms with Gasteiger partial charge in [-0.15, -0.1) is 0 Å². The minimum absolute atomic E-state index is 0.245. The van der Waals surface area contributed by atoms with Crippen LogP contribution < -0.4 is 15.4 Å².